The summed E-state index contributed by atoms with van der Waals surface area (Å²) in [4.78, 5) is 11.9. The third-order valence-electron chi connectivity index (χ3n) is 4.52. The predicted molar refractivity (Wildman–Crippen MR) is 93.2 cm³/mol. The lowest BCUT2D eigenvalue weighted by molar-refractivity contribution is 0.0636. The van der Waals surface area contributed by atoms with Gasteiger partial charge in [-0.25, -0.2) is 4.79 Å². The van der Waals surface area contributed by atoms with E-state index >= 15 is 0 Å². The molecule has 6 nitrogen and oxygen atoms in total. The molecule has 0 aliphatic heterocycles. The van der Waals surface area contributed by atoms with Gasteiger partial charge in [0.15, 0.2) is 0 Å². The molecule has 24 heavy (non-hydrogen) atoms. The largest absolute Gasteiger partial charge is 0.508 e. The van der Waals surface area contributed by atoms with Crippen LogP contribution in [-0.2, 0) is 10.2 Å². The average molecular weight is 336 g/mol. The van der Waals surface area contributed by atoms with Gasteiger partial charge in [0.1, 0.15) is 11.4 Å². The maximum Gasteiger partial charge on any atom is 0.412 e. The van der Waals surface area contributed by atoms with Crippen molar-refractivity contribution in [2.24, 2.45) is 5.73 Å². The van der Waals surface area contributed by atoms with Gasteiger partial charge in [-0.1, -0.05) is 0 Å². The number of rotatable bonds is 3. The second-order valence-corrected chi connectivity index (χ2v) is 7.57. The van der Waals surface area contributed by atoms with E-state index in [0.717, 1.165) is 0 Å². The molecule has 2 rings (SSSR count). The van der Waals surface area contributed by atoms with E-state index in [9.17, 15) is 15.0 Å². The Balaban J connectivity index is 2.23. The van der Waals surface area contributed by atoms with Gasteiger partial charge in [-0.05, 0) is 64.7 Å². The fourth-order valence-corrected chi connectivity index (χ4v) is 3.20. The van der Waals surface area contributed by atoms with Gasteiger partial charge in [-0.2, -0.15) is 0 Å². The highest BCUT2D eigenvalue weighted by molar-refractivity contribution is 5.85. The SMILES string of the molecule is CC(C)(C)OC(=O)Nc1ccc(O)c(C2(CN)CCC(O)CC2)c1. The number of nitrogens with one attached hydrogen (secondary N) is 1. The fraction of sp³-hybridized carbons (Fsp3) is 0.611. The molecule has 0 saturated heterocycles. The monoisotopic (exact) mass is 336 g/mol. The summed E-state index contributed by atoms with van der Waals surface area (Å²) in [5, 5.41) is 22.8. The van der Waals surface area contributed by atoms with Crippen LogP contribution in [0.5, 0.6) is 5.75 Å². The number of nitrogens with two attached hydrogens (primary N) is 1. The number of ether oxygens (including phenoxy) is 1. The number of hydrogen-bond donors (Lipinski definition) is 4. The highest BCUT2D eigenvalue weighted by Gasteiger charge is 2.37. The maximum absolute atomic E-state index is 11.9. The van der Waals surface area contributed by atoms with Crippen molar-refractivity contribution >= 4 is 11.8 Å². The zero-order chi connectivity index (χ0) is 18.0. The van der Waals surface area contributed by atoms with E-state index in [1.54, 1.807) is 39.0 Å². The highest BCUT2D eigenvalue weighted by Crippen LogP contribution is 2.43. The molecule has 1 aliphatic carbocycles. The van der Waals surface area contributed by atoms with Gasteiger partial charge < -0.3 is 20.7 Å². The topological polar surface area (TPSA) is 105 Å². The van der Waals surface area contributed by atoms with Crippen molar-refractivity contribution in [1.82, 2.24) is 0 Å². The summed E-state index contributed by atoms with van der Waals surface area (Å²) < 4.78 is 5.25. The average Bonchev–Trinajstić information content (AvgIpc) is 2.49. The first-order valence-corrected chi connectivity index (χ1v) is 8.37. The number of aromatic hydroxyl groups is 1. The van der Waals surface area contributed by atoms with E-state index in [4.69, 9.17) is 10.5 Å². The molecule has 6 heteroatoms. The van der Waals surface area contributed by atoms with Crippen molar-refractivity contribution in [2.75, 3.05) is 11.9 Å². The molecule has 5 N–H and O–H groups in total. The number of carbonyl (C=O) groups excluding carboxylic acids is 1. The van der Waals surface area contributed by atoms with Crippen molar-refractivity contribution in [3.8, 4) is 5.75 Å². The van der Waals surface area contributed by atoms with E-state index in [1.165, 1.54) is 0 Å². The standard InChI is InChI=1S/C18H28N2O4/c1-17(2,3)24-16(23)20-12-4-5-15(22)14(10-12)18(11-19)8-6-13(21)7-9-18/h4-5,10,13,21-22H,6-9,11,19H2,1-3H3,(H,20,23). The van der Waals surface area contributed by atoms with Gasteiger partial charge in [0.2, 0.25) is 0 Å². The molecular weight excluding hydrogens is 308 g/mol. The molecule has 1 aliphatic rings. The minimum Gasteiger partial charge on any atom is -0.508 e. The Kier molecular flexibility index (Phi) is 5.40. The fourth-order valence-electron chi connectivity index (χ4n) is 3.20. The van der Waals surface area contributed by atoms with Crippen LogP contribution in [0.4, 0.5) is 10.5 Å². The number of benzene rings is 1. The molecule has 1 saturated carbocycles. The molecular formula is C18H28N2O4. The van der Waals surface area contributed by atoms with E-state index in [2.05, 4.69) is 5.32 Å². The molecule has 134 valence electrons. The Labute approximate surface area is 143 Å². The van der Waals surface area contributed by atoms with Crippen molar-refractivity contribution in [1.29, 1.82) is 0 Å². The van der Waals surface area contributed by atoms with Crippen LogP contribution in [0.1, 0.15) is 52.0 Å². The number of phenolic OH excluding ortho intramolecular Hbond substituents is 1. The Bertz CT molecular complexity index is 587. The molecule has 1 amide bonds. The second-order valence-electron chi connectivity index (χ2n) is 7.57. The Morgan fingerprint density at radius 1 is 1.38 bits per heavy atom. The third kappa shape index (κ3) is 4.39. The molecule has 0 heterocycles. The maximum atomic E-state index is 11.9. The molecule has 0 spiro atoms. The molecule has 1 aromatic carbocycles. The number of carbonyl (C=O) groups is 1. The van der Waals surface area contributed by atoms with Crippen molar-refractivity contribution in [3.05, 3.63) is 23.8 Å². The second kappa shape index (κ2) is 6.99. The minimum absolute atomic E-state index is 0.159. The lowest BCUT2D eigenvalue weighted by Crippen LogP contribution is -2.40. The van der Waals surface area contributed by atoms with Crippen LogP contribution in [0.3, 0.4) is 0 Å². The number of aliphatic hydroxyl groups is 1. The van der Waals surface area contributed by atoms with Gasteiger partial charge in [0, 0.05) is 23.2 Å². The number of amides is 1. The molecule has 0 bridgehead atoms. The summed E-state index contributed by atoms with van der Waals surface area (Å²) in [6, 6.07) is 4.94. The van der Waals surface area contributed by atoms with Crippen molar-refractivity contribution in [2.45, 2.75) is 63.6 Å². The van der Waals surface area contributed by atoms with Gasteiger partial charge in [-0.15, -0.1) is 0 Å². The molecule has 0 aromatic heterocycles. The lowest BCUT2D eigenvalue weighted by Gasteiger charge is -2.39. The number of phenols is 1. The molecule has 1 aromatic rings. The Hall–Kier alpha value is -1.79. The van der Waals surface area contributed by atoms with Gasteiger partial charge in [-0.3, -0.25) is 5.32 Å². The Morgan fingerprint density at radius 3 is 2.54 bits per heavy atom. The van der Waals surface area contributed by atoms with Crippen LogP contribution in [0.15, 0.2) is 18.2 Å². The third-order valence-corrected chi connectivity index (χ3v) is 4.52. The first-order valence-electron chi connectivity index (χ1n) is 8.37. The quantitative estimate of drug-likeness (QED) is 0.635. The lowest BCUT2D eigenvalue weighted by atomic mass is 9.68. The van der Waals surface area contributed by atoms with E-state index in [1.807, 2.05) is 0 Å². The first-order chi connectivity index (χ1) is 11.1. The minimum atomic E-state index is -0.582. The first kappa shape index (κ1) is 18.5. The summed E-state index contributed by atoms with van der Waals surface area (Å²) in [7, 11) is 0. The summed E-state index contributed by atoms with van der Waals surface area (Å²) in [6.45, 7) is 5.77. The molecule has 0 unspecified atom stereocenters. The van der Waals surface area contributed by atoms with Crippen LogP contribution in [0.25, 0.3) is 0 Å². The highest BCUT2D eigenvalue weighted by atomic mass is 16.6. The van der Waals surface area contributed by atoms with Crippen LogP contribution < -0.4 is 11.1 Å². The zero-order valence-electron chi connectivity index (χ0n) is 14.6. The van der Waals surface area contributed by atoms with E-state index in [0.29, 0.717) is 43.5 Å². The number of anilines is 1. The van der Waals surface area contributed by atoms with Crippen LogP contribution >= 0.6 is 0 Å². The van der Waals surface area contributed by atoms with Crippen molar-refractivity contribution < 1.29 is 19.7 Å². The van der Waals surface area contributed by atoms with Crippen molar-refractivity contribution in [3.63, 3.8) is 0 Å². The summed E-state index contributed by atoms with van der Waals surface area (Å²) >= 11 is 0. The number of hydrogen-bond acceptors (Lipinski definition) is 5. The zero-order valence-corrected chi connectivity index (χ0v) is 14.6. The van der Waals surface area contributed by atoms with Crippen LogP contribution in [-0.4, -0.2) is 34.6 Å². The van der Waals surface area contributed by atoms with E-state index in [-0.39, 0.29) is 17.3 Å². The molecule has 0 radical (unpaired) electrons. The summed E-state index contributed by atoms with van der Waals surface area (Å²) in [5.74, 6) is 0.159. The van der Waals surface area contributed by atoms with E-state index < -0.39 is 11.7 Å². The normalized spacial score (nSPS) is 24.5. The molecule has 0 atom stereocenters. The van der Waals surface area contributed by atoms with Crippen LogP contribution in [0, 0.1) is 0 Å². The summed E-state index contributed by atoms with van der Waals surface area (Å²) in [6.07, 6.45) is 1.86. The predicted octanol–water partition coefficient (Wildman–Crippen LogP) is 2.87. The summed E-state index contributed by atoms with van der Waals surface area (Å²) in [5.41, 5.74) is 6.32. The smallest absolute Gasteiger partial charge is 0.412 e. The van der Waals surface area contributed by atoms with Gasteiger partial charge in [0.05, 0.1) is 6.10 Å². The van der Waals surface area contributed by atoms with Gasteiger partial charge in [0.25, 0.3) is 0 Å². The van der Waals surface area contributed by atoms with Gasteiger partial charge >= 0.3 is 6.09 Å². The van der Waals surface area contributed by atoms with Crippen LogP contribution in [0.2, 0.25) is 0 Å². The molecule has 1 fully saturated rings. The number of aliphatic hydroxyl groups excluding tert-OH is 1. The Morgan fingerprint density at radius 2 is 2.00 bits per heavy atom.